The van der Waals surface area contributed by atoms with E-state index in [0.717, 1.165) is 17.8 Å². The Kier molecular flexibility index (Phi) is 5.50. The molecule has 3 rings (SSSR count). The third kappa shape index (κ3) is 3.19. The highest BCUT2D eigenvalue weighted by atomic mass is 32.2. The maximum absolute atomic E-state index is 13.2. The van der Waals surface area contributed by atoms with E-state index in [0.29, 0.717) is 39.0 Å². The number of piperazine rings is 1. The molecule has 0 atom stereocenters. The van der Waals surface area contributed by atoms with Gasteiger partial charge in [-0.2, -0.15) is 4.31 Å². The summed E-state index contributed by atoms with van der Waals surface area (Å²) in [4.78, 5) is 18.7. The summed E-state index contributed by atoms with van der Waals surface area (Å²) in [5, 5.41) is 9.06. The van der Waals surface area contributed by atoms with Crippen molar-refractivity contribution in [2.75, 3.05) is 31.1 Å². The van der Waals surface area contributed by atoms with Crippen LogP contribution in [0.25, 0.3) is 0 Å². The van der Waals surface area contributed by atoms with E-state index >= 15 is 0 Å². The second-order valence-corrected chi connectivity index (χ2v) is 9.16. The van der Waals surface area contributed by atoms with Gasteiger partial charge in [0.2, 0.25) is 10.0 Å². The Hall–Kier alpha value is -1.71. The molecule has 1 aromatic rings. The Bertz CT molecular complexity index is 737. The quantitative estimate of drug-likeness (QED) is 0.580. The monoisotopic (exact) mass is 382 g/mol. The fraction of sp³-hybridized carbons (Fsp3) is 0.647. The molecule has 26 heavy (non-hydrogen) atoms. The minimum Gasteiger partial charge on any atom is -0.354 e. The molecule has 0 bridgehead atoms. The van der Waals surface area contributed by atoms with E-state index in [1.54, 1.807) is 5.48 Å². The number of hydroxylamine groups is 1. The lowest BCUT2D eigenvalue weighted by molar-refractivity contribution is -0.131. The number of hydrogen-bond donors (Lipinski definition) is 2. The van der Waals surface area contributed by atoms with Gasteiger partial charge in [0.05, 0.1) is 0 Å². The van der Waals surface area contributed by atoms with Crippen molar-refractivity contribution in [2.24, 2.45) is 0 Å². The molecule has 1 saturated carbocycles. The zero-order valence-electron chi connectivity index (χ0n) is 15.0. The smallest absolute Gasteiger partial charge is 0.266 e. The number of pyridine rings is 1. The number of aryl methyl sites for hydroxylation is 1. The van der Waals surface area contributed by atoms with Gasteiger partial charge in [0.25, 0.3) is 5.91 Å². The molecule has 0 unspecified atom stereocenters. The molecule has 2 N–H and O–H groups in total. The standard InChI is InChI=1S/C17H26N4O4S/c1-2-14-5-6-15(18-13-14)20-9-11-21(12-10-20)26(24,25)17(16(22)19-23)7-3-4-8-17/h5-6,13,23H,2-4,7-12H2,1H3,(H,19,22). The van der Waals surface area contributed by atoms with Crippen molar-refractivity contribution < 1.29 is 18.4 Å². The summed E-state index contributed by atoms with van der Waals surface area (Å²) in [6.07, 6.45) is 4.61. The summed E-state index contributed by atoms with van der Waals surface area (Å²) in [5.74, 6) is 0.0252. The molecule has 1 amide bonds. The molecule has 1 aliphatic carbocycles. The minimum atomic E-state index is -3.84. The van der Waals surface area contributed by atoms with E-state index in [4.69, 9.17) is 5.21 Å². The Labute approximate surface area is 154 Å². The molecular weight excluding hydrogens is 356 g/mol. The van der Waals surface area contributed by atoms with Crippen molar-refractivity contribution >= 4 is 21.7 Å². The van der Waals surface area contributed by atoms with Crippen molar-refractivity contribution in [2.45, 2.75) is 43.8 Å². The summed E-state index contributed by atoms with van der Waals surface area (Å²) in [7, 11) is -3.84. The molecule has 2 fully saturated rings. The molecule has 2 aliphatic rings. The highest BCUT2D eigenvalue weighted by molar-refractivity contribution is 7.91. The molecule has 1 aliphatic heterocycles. The Morgan fingerprint density at radius 2 is 1.88 bits per heavy atom. The molecule has 9 heteroatoms. The van der Waals surface area contributed by atoms with E-state index < -0.39 is 20.7 Å². The van der Waals surface area contributed by atoms with Gasteiger partial charge in [0.15, 0.2) is 4.75 Å². The van der Waals surface area contributed by atoms with Crippen LogP contribution in [-0.4, -0.2) is 59.7 Å². The first-order chi connectivity index (χ1) is 12.4. The molecule has 1 aromatic heterocycles. The second-order valence-electron chi connectivity index (χ2n) is 6.91. The minimum absolute atomic E-state index is 0.252. The third-order valence-electron chi connectivity index (χ3n) is 5.54. The first kappa shape index (κ1) is 19.1. The fourth-order valence-electron chi connectivity index (χ4n) is 3.87. The number of nitrogens with one attached hydrogen (secondary N) is 1. The number of anilines is 1. The zero-order chi connectivity index (χ0) is 18.8. The van der Waals surface area contributed by atoms with Crippen LogP contribution in [0.5, 0.6) is 0 Å². The summed E-state index contributed by atoms with van der Waals surface area (Å²) in [6.45, 7) is 3.73. The maximum Gasteiger partial charge on any atom is 0.266 e. The lowest BCUT2D eigenvalue weighted by atomic mass is 10.1. The van der Waals surface area contributed by atoms with Gasteiger partial charge >= 0.3 is 0 Å². The van der Waals surface area contributed by atoms with E-state index in [-0.39, 0.29) is 12.8 Å². The number of carbonyl (C=O) groups is 1. The van der Waals surface area contributed by atoms with Crippen LogP contribution in [0.4, 0.5) is 5.82 Å². The second kappa shape index (κ2) is 7.50. The van der Waals surface area contributed by atoms with Crippen LogP contribution in [0.3, 0.4) is 0 Å². The van der Waals surface area contributed by atoms with Gasteiger partial charge in [-0.05, 0) is 30.9 Å². The summed E-state index contributed by atoms with van der Waals surface area (Å²) < 4.78 is 26.2. The molecular formula is C17H26N4O4S. The number of nitrogens with zero attached hydrogens (tertiary/aromatic N) is 3. The highest BCUT2D eigenvalue weighted by Crippen LogP contribution is 2.39. The van der Waals surface area contributed by atoms with Gasteiger partial charge in [0.1, 0.15) is 5.82 Å². The molecule has 8 nitrogen and oxygen atoms in total. The number of hydrogen-bond acceptors (Lipinski definition) is 6. The summed E-state index contributed by atoms with van der Waals surface area (Å²) in [5.41, 5.74) is 2.73. The van der Waals surface area contributed by atoms with Gasteiger partial charge in [-0.1, -0.05) is 25.8 Å². The van der Waals surface area contributed by atoms with Crippen LogP contribution in [0.1, 0.15) is 38.2 Å². The van der Waals surface area contributed by atoms with Crippen LogP contribution in [0.15, 0.2) is 18.3 Å². The largest absolute Gasteiger partial charge is 0.354 e. The van der Waals surface area contributed by atoms with Gasteiger partial charge < -0.3 is 4.90 Å². The number of aromatic nitrogens is 1. The van der Waals surface area contributed by atoms with E-state index in [2.05, 4.69) is 16.8 Å². The van der Waals surface area contributed by atoms with E-state index in [9.17, 15) is 13.2 Å². The van der Waals surface area contributed by atoms with Crippen LogP contribution in [-0.2, 0) is 21.2 Å². The first-order valence-electron chi connectivity index (χ1n) is 9.09. The van der Waals surface area contributed by atoms with Crippen LogP contribution in [0, 0.1) is 0 Å². The summed E-state index contributed by atoms with van der Waals surface area (Å²) >= 11 is 0. The number of sulfonamides is 1. The number of amides is 1. The van der Waals surface area contributed by atoms with E-state index in [1.807, 2.05) is 18.3 Å². The first-order valence-corrected chi connectivity index (χ1v) is 10.5. The molecule has 0 radical (unpaired) electrons. The van der Waals surface area contributed by atoms with Crippen molar-refractivity contribution in [3.8, 4) is 0 Å². The van der Waals surface area contributed by atoms with Crippen LogP contribution >= 0.6 is 0 Å². The lowest BCUT2D eigenvalue weighted by Gasteiger charge is -2.39. The Morgan fingerprint density at radius 3 is 2.38 bits per heavy atom. The molecule has 0 aromatic carbocycles. The Morgan fingerprint density at radius 1 is 1.23 bits per heavy atom. The third-order valence-corrected chi connectivity index (χ3v) is 8.17. The van der Waals surface area contributed by atoms with Gasteiger partial charge in [-0.3, -0.25) is 10.0 Å². The fourth-order valence-corrected chi connectivity index (χ4v) is 6.09. The predicted molar refractivity (Wildman–Crippen MR) is 97.4 cm³/mol. The predicted octanol–water partition coefficient (Wildman–Crippen LogP) is 0.914. The Balaban J connectivity index is 1.72. The highest BCUT2D eigenvalue weighted by Gasteiger charge is 2.55. The van der Waals surface area contributed by atoms with Crippen molar-refractivity contribution in [3.63, 3.8) is 0 Å². The van der Waals surface area contributed by atoms with Gasteiger partial charge in [0, 0.05) is 32.4 Å². The van der Waals surface area contributed by atoms with Crippen molar-refractivity contribution in [1.29, 1.82) is 0 Å². The SMILES string of the molecule is CCc1ccc(N2CCN(S(=O)(=O)C3(C(=O)NO)CCCC3)CC2)nc1. The molecule has 2 heterocycles. The molecule has 1 saturated heterocycles. The average Bonchev–Trinajstić information content (AvgIpc) is 3.19. The topological polar surface area (TPSA) is 103 Å². The van der Waals surface area contributed by atoms with Gasteiger partial charge in [-0.15, -0.1) is 0 Å². The van der Waals surface area contributed by atoms with E-state index in [1.165, 1.54) is 4.31 Å². The normalized spacial score (nSPS) is 20.9. The van der Waals surface area contributed by atoms with Crippen LogP contribution < -0.4 is 10.4 Å². The van der Waals surface area contributed by atoms with Crippen molar-refractivity contribution in [1.82, 2.24) is 14.8 Å². The van der Waals surface area contributed by atoms with Crippen LogP contribution in [0.2, 0.25) is 0 Å². The zero-order valence-corrected chi connectivity index (χ0v) is 15.8. The van der Waals surface area contributed by atoms with Gasteiger partial charge in [-0.25, -0.2) is 18.9 Å². The van der Waals surface area contributed by atoms with Crippen molar-refractivity contribution in [3.05, 3.63) is 23.9 Å². The molecule has 144 valence electrons. The molecule has 0 spiro atoms. The summed E-state index contributed by atoms with van der Waals surface area (Å²) in [6, 6.07) is 3.99. The number of rotatable bonds is 5. The average molecular weight is 382 g/mol. The number of carbonyl (C=O) groups excluding carboxylic acids is 1. The maximum atomic E-state index is 13.2. The lowest BCUT2D eigenvalue weighted by Crippen LogP contribution is -2.59.